The van der Waals surface area contributed by atoms with Crippen LogP contribution in [0.4, 0.5) is 11.4 Å². The standard InChI is InChI=1S/C18H18N2O3/c1-18(2)17(22)20-14-11-13(8-9-15(14)23-18)19-16(21)10-12-6-4-3-5-7-12/h3-9,11H,10H2,1-2H3,(H,19,21)(H,20,22). The number of benzene rings is 2. The van der Waals surface area contributed by atoms with Gasteiger partial charge in [-0.15, -0.1) is 0 Å². The largest absolute Gasteiger partial charge is 0.476 e. The normalized spacial score (nSPS) is 15.1. The summed E-state index contributed by atoms with van der Waals surface area (Å²) >= 11 is 0. The van der Waals surface area contributed by atoms with E-state index < -0.39 is 5.60 Å². The molecule has 1 aliphatic rings. The van der Waals surface area contributed by atoms with Crippen LogP contribution >= 0.6 is 0 Å². The van der Waals surface area contributed by atoms with Crippen LogP contribution in [0, 0.1) is 0 Å². The molecule has 2 aromatic carbocycles. The van der Waals surface area contributed by atoms with Gasteiger partial charge in [-0.05, 0) is 37.6 Å². The Morgan fingerprint density at radius 3 is 2.65 bits per heavy atom. The molecule has 0 saturated carbocycles. The van der Waals surface area contributed by atoms with Crippen LogP contribution in [0.1, 0.15) is 19.4 Å². The molecule has 0 unspecified atom stereocenters. The predicted octanol–water partition coefficient (Wildman–Crippen LogP) is 2.98. The monoisotopic (exact) mass is 310 g/mol. The van der Waals surface area contributed by atoms with Crippen molar-refractivity contribution in [2.45, 2.75) is 25.9 Å². The predicted molar refractivity (Wildman–Crippen MR) is 88.6 cm³/mol. The summed E-state index contributed by atoms with van der Waals surface area (Å²) in [5.74, 6) is 0.271. The fourth-order valence-corrected chi connectivity index (χ4v) is 2.37. The molecule has 0 fully saturated rings. The number of nitrogens with one attached hydrogen (secondary N) is 2. The van der Waals surface area contributed by atoms with E-state index in [1.165, 1.54) is 0 Å². The first-order valence-corrected chi connectivity index (χ1v) is 7.42. The minimum absolute atomic E-state index is 0.112. The SMILES string of the molecule is CC1(C)Oc2ccc(NC(=O)Cc3ccccc3)cc2NC1=O. The topological polar surface area (TPSA) is 67.4 Å². The summed E-state index contributed by atoms with van der Waals surface area (Å²) in [4.78, 5) is 24.0. The van der Waals surface area contributed by atoms with E-state index in [9.17, 15) is 9.59 Å². The molecule has 0 saturated heterocycles. The van der Waals surface area contributed by atoms with Crippen molar-refractivity contribution < 1.29 is 14.3 Å². The van der Waals surface area contributed by atoms with Crippen molar-refractivity contribution in [3.63, 3.8) is 0 Å². The number of fused-ring (bicyclic) bond motifs is 1. The number of carbonyl (C=O) groups excluding carboxylic acids is 2. The van der Waals surface area contributed by atoms with E-state index >= 15 is 0 Å². The van der Waals surface area contributed by atoms with Crippen molar-refractivity contribution in [3.8, 4) is 5.75 Å². The smallest absolute Gasteiger partial charge is 0.268 e. The van der Waals surface area contributed by atoms with Crippen LogP contribution in [-0.2, 0) is 16.0 Å². The van der Waals surface area contributed by atoms with Crippen molar-refractivity contribution >= 4 is 23.2 Å². The Bertz CT molecular complexity index is 754. The van der Waals surface area contributed by atoms with Crippen molar-refractivity contribution in [2.24, 2.45) is 0 Å². The quantitative estimate of drug-likeness (QED) is 0.916. The van der Waals surface area contributed by atoms with Crippen molar-refractivity contribution in [2.75, 3.05) is 10.6 Å². The number of ether oxygens (including phenoxy) is 1. The molecule has 2 aromatic rings. The van der Waals surface area contributed by atoms with E-state index in [1.54, 1.807) is 32.0 Å². The first kappa shape index (κ1) is 15.1. The van der Waals surface area contributed by atoms with Gasteiger partial charge in [0.1, 0.15) is 5.75 Å². The number of rotatable bonds is 3. The summed E-state index contributed by atoms with van der Waals surface area (Å²) in [7, 11) is 0. The third-order valence-corrected chi connectivity index (χ3v) is 3.63. The third kappa shape index (κ3) is 3.34. The maximum Gasteiger partial charge on any atom is 0.268 e. The number of amides is 2. The number of anilines is 2. The highest BCUT2D eigenvalue weighted by atomic mass is 16.5. The Hall–Kier alpha value is -2.82. The highest BCUT2D eigenvalue weighted by molar-refractivity contribution is 6.01. The van der Waals surface area contributed by atoms with E-state index in [2.05, 4.69) is 10.6 Å². The third-order valence-electron chi connectivity index (χ3n) is 3.63. The Labute approximate surface area is 134 Å². The minimum atomic E-state index is -0.898. The van der Waals surface area contributed by atoms with Gasteiger partial charge in [-0.3, -0.25) is 9.59 Å². The molecule has 1 aliphatic heterocycles. The van der Waals surface area contributed by atoms with Gasteiger partial charge in [0.25, 0.3) is 5.91 Å². The molecule has 5 nitrogen and oxygen atoms in total. The van der Waals surface area contributed by atoms with Crippen LogP contribution in [0.3, 0.4) is 0 Å². The lowest BCUT2D eigenvalue weighted by molar-refractivity contribution is -0.129. The van der Waals surface area contributed by atoms with E-state index in [1.807, 2.05) is 30.3 Å². The van der Waals surface area contributed by atoms with Gasteiger partial charge in [0.2, 0.25) is 5.91 Å². The van der Waals surface area contributed by atoms with Crippen LogP contribution in [0.25, 0.3) is 0 Å². The Kier molecular flexibility index (Phi) is 3.78. The second kappa shape index (κ2) is 5.76. The molecule has 0 bridgehead atoms. The van der Waals surface area contributed by atoms with Crippen LogP contribution in [0.2, 0.25) is 0 Å². The molecule has 3 rings (SSSR count). The number of hydrogen-bond acceptors (Lipinski definition) is 3. The van der Waals surface area contributed by atoms with E-state index in [0.29, 0.717) is 23.5 Å². The van der Waals surface area contributed by atoms with Crippen molar-refractivity contribution in [1.82, 2.24) is 0 Å². The highest BCUT2D eigenvalue weighted by Gasteiger charge is 2.35. The zero-order chi connectivity index (χ0) is 16.4. The molecule has 23 heavy (non-hydrogen) atoms. The molecular formula is C18H18N2O3. The first-order chi connectivity index (χ1) is 10.9. The van der Waals surface area contributed by atoms with E-state index in [4.69, 9.17) is 4.74 Å². The second-order valence-electron chi connectivity index (χ2n) is 5.99. The molecule has 0 aliphatic carbocycles. The summed E-state index contributed by atoms with van der Waals surface area (Å²) in [6, 6.07) is 14.7. The molecule has 2 N–H and O–H groups in total. The summed E-state index contributed by atoms with van der Waals surface area (Å²) in [5.41, 5.74) is 1.23. The Morgan fingerprint density at radius 2 is 1.91 bits per heavy atom. The van der Waals surface area contributed by atoms with Gasteiger partial charge >= 0.3 is 0 Å². The van der Waals surface area contributed by atoms with Gasteiger partial charge in [-0.25, -0.2) is 0 Å². The van der Waals surface area contributed by atoms with Crippen molar-refractivity contribution in [3.05, 3.63) is 54.1 Å². The molecule has 5 heteroatoms. The van der Waals surface area contributed by atoms with Crippen LogP contribution in [-0.4, -0.2) is 17.4 Å². The molecule has 118 valence electrons. The zero-order valence-electron chi connectivity index (χ0n) is 13.1. The van der Waals surface area contributed by atoms with Gasteiger partial charge < -0.3 is 15.4 Å². The fourth-order valence-electron chi connectivity index (χ4n) is 2.37. The Balaban J connectivity index is 1.72. The Morgan fingerprint density at radius 1 is 1.17 bits per heavy atom. The average Bonchev–Trinajstić information content (AvgIpc) is 2.49. The molecule has 0 spiro atoms. The summed E-state index contributed by atoms with van der Waals surface area (Å²) in [6.07, 6.45) is 0.299. The number of hydrogen-bond donors (Lipinski definition) is 2. The van der Waals surface area contributed by atoms with E-state index in [-0.39, 0.29) is 11.8 Å². The maximum atomic E-state index is 12.1. The fraction of sp³-hybridized carbons (Fsp3) is 0.222. The first-order valence-electron chi connectivity index (χ1n) is 7.42. The van der Waals surface area contributed by atoms with Crippen molar-refractivity contribution in [1.29, 1.82) is 0 Å². The summed E-state index contributed by atoms with van der Waals surface area (Å²) in [5, 5.41) is 5.63. The molecular weight excluding hydrogens is 292 g/mol. The van der Waals surface area contributed by atoms with Crippen LogP contribution in [0.5, 0.6) is 5.75 Å². The molecule has 0 atom stereocenters. The molecule has 0 aromatic heterocycles. The lowest BCUT2D eigenvalue weighted by atomic mass is 10.1. The zero-order valence-corrected chi connectivity index (χ0v) is 13.1. The van der Waals surface area contributed by atoms with Crippen LogP contribution in [0.15, 0.2) is 48.5 Å². The van der Waals surface area contributed by atoms with E-state index in [0.717, 1.165) is 5.56 Å². The maximum absolute atomic E-state index is 12.1. The molecule has 0 radical (unpaired) electrons. The summed E-state index contributed by atoms with van der Waals surface area (Å²) < 4.78 is 5.66. The molecule has 1 heterocycles. The van der Waals surface area contributed by atoms with Gasteiger partial charge in [-0.1, -0.05) is 30.3 Å². The lowest BCUT2D eigenvalue weighted by Gasteiger charge is -2.31. The summed E-state index contributed by atoms with van der Waals surface area (Å²) in [6.45, 7) is 3.42. The highest BCUT2D eigenvalue weighted by Crippen LogP contribution is 2.35. The van der Waals surface area contributed by atoms with Gasteiger partial charge in [0.05, 0.1) is 12.1 Å². The second-order valence-corrected chi connectivity index (χ2v) is 5.99. The molecule has 2 amide bonds. The van der Waals surface area contributed by atoms with Crippen LogP contribution < -0.4 is 15.4 Å². The minimum Gasteiger partial charge on any atom is -0.476 e. The van der Waals surface area contributed by atoms with Gasteiger partial charge in [0, 0.05) is 5.69 Å². The van der Waals surface area contributed by atoms with Gasteiger partial charge in [-0.2, -0.15) is 0 Å². The lowest BCUT2D eigenvalue weighted by Crippen LogP contribution is -2.45. The average molecular weight is 310 g/mol. The number of carbonyl (C=O) groups is 2. The van der Waals surface area contributed by atoms with Gasteiger partial charge in [0.15, 0.2) is 5.60 Å².